The highest BCUT2D eigenvalue weighted by Crippen LogP contribution is 2.33. The smallest absolute Gasteiger partial charge is 0.145 e. The fraction of sp³-hybridized carbons (Fsp3) is 0.538. The quantitative estimate of drug-likeness (QED) is 0.725. The van der Waals surface area contributed by atoms with E-state index in [2.05, 4.69) is 18.7 Å². The fourth-order valence-electron chi connectivity index (χ4n) is 1.86. The standard InChI is InChI=1S/C11H14FNO.C2H6/c1-3-13-8(2)7-14-11-6-9(12)4-5-10(11)13;1-2/h4-6,8H,3,7H2,1-2H3;1-2H3. The lowest BCUT2D eigenvalue weighted by molar-refractivity contribution is 0.270. The minimum Gasteiger partial charge on any atom is -0.489 e. The van der Waals surface area contributed by atoms with Crippen LogP contribution in [0.2, 0.25) is 0 Å². The molecule has 1 aromatic carbocycles. The number of benzene rings is 1. The zero-order valence-electron chi connectivity index (χ0n) is 10.5. The Bertz CT molecular complexity index is 341. The van der Waals surface area contributed by atoms with Crippen molar-refractivity contribution >= 4 is 5.69 Å². The predicted molar refractivity (Wildman–Crippen MR) is 65.7 cm³/mol. The molecule has 90 valence electrons. The Morgan fingerprint density at radius 3 is 2.75 bits per heavy atom. The van der Waals surface area contributed by atoms with E-state index in [4.69, 9.17) is 4.74 Å². The van der Waals surface area contributed by atoms with Gasteiger partial charge < -0.3 is 9.64 Å². The summed E-state index contributed by atoms with van der Waals surface area (Å²) in [5.74, 6) is 0.416. The first-order chi connectivity index (χ1) is 7.72. The first kappa shape index (κ1) is 12.8. The molecule has 3 heteroatoms. The molecule has 0 bridgehead atoms. The molecule has 0 fully saturated rings. The highest BCUT2D eigenvalue weighted by atomic mass is 19.1. The van der Waals surface area contributed by atoms with Crippen LogP contribution >= 0.6 is 0 Å². The molecule has 1 unspecified atom stereocenters. The van der Waals surface area contributed by atoms with Crippen molar-refractivity contribution in [3.63, 3.8) is 0 Å². The summed E-state index contributed by atoms with van der Waals surface area (Å²) in [6.07, 6.45) is 0. The van der Waals surface area contributed by atoms with Crippen molar-refractivity contribution in [2.24, 2.45) is 0 Å². The molecule has 1 aliphatic rings. The number of hydrogen-bond donors (Lipinski definition) is 0. The molecule has 0 aliphatic carbocycles. The highest BCUT2D eigenvalue weighted by Gasteiger charge is 2.22. The molecule has 0 spiro atoms. The van der Waals surface area contributed by atoms with Gasteiger partial charge in [-0.1, -0.05) is 13.8 Å². The minimum absolute atomic E-state index is 0.241. The summed E-state index contributed by atoms with van der Waals surface area (Å²) in [5, 5.41) is 0. The number of fused-ring (bicyclic) bond motifs is 1. The Morgan fingerprint density at radius 1 is 1.44 bits per heavy atom. The third-order valence-electron chi connectivity index (χ3n) is 2.58. The van der Waals surface area contributed by atoms with E-state index in [0.717, 1.165) is 12.2 Å². The summed E-state index contributed by atoms with van der Waals surface area (Å²) in [4.78, 5) is 2.22. The van der Waals surface area contributed by atoms with Gasteiger partial charge in [-0.2, -0.15) is 0 Å². The molecule has 2 rings (SSSR count). The summed E-state index contributed by atoms with van der Waals surface area (Å²) in [6, 6.07) is 5.06. The van der Waals surface area contributed by atoms with Gasteiger partial charge in [-0.05, 0) is 26.0 Å². The Kier molecular flexibility index (Phi) is 4.59. The van der Waals surface area contributed by atoms with Crippen LogP contribution < -0.4 is 9.64 Å². The summed E-state index contributed by atoms with van der Waals surface area (Å²) >= 11 is 0. The number of nitrogens with zero attached hydrogens (tertiary/aromatic N) is 1. The molecule has 2 nitrogen and oxygen atoms in total. The summed E-state index contributed by atoms with van der Waals surface area (Å²) in [6.45, 7) is 9.75. The van der Waals surface area contributed by atoms with Crippen molar-refractivity contribution in [1.29, 1.82) is 0 Å². The molecule has 0 saturated carbocycles. The van der Waals surface area contributed by atoms with E-state index in [1.54, 1.807) is 6.07 Å². The van der Waals surface area contributed by atoms with E-state index >= 15 is 0 Å². The van der Waals surface area contributed by atoms with Gasteiger partial charge in [0.1, 0.15) is 18.2 Å². The molecule has 16 heavy (non-hydrogen) atoms. The van der Waals surface area contributed by atoms with Gasteiger partial charge in [-0.3, -0.25) is 0 Å². The maximum absolute atomic E-state index is 12.9. The number of hydrogen-bond acceptors (Lipinski definition) is 2. The van der Waals surface area contributed by atoms with Crippen LogP contribution in [0.4, 0.5) is 10.1 Å². The molecule has 1 aromatic rings. The zero-order valence-corrected chi connectivity index (χ0v) is 10.5. The van der Waals surface area contributed by atoms with E-state index in [1.165, 1.54) is 12.1 Å². The van der Waals surface area contributed by atoms with Gasteiger partial charge in [0.2, 0.25) is 0 Å². The Morgan fingerprint density at radius 2 is 2.12 bits per heavy atom. The summed E-state index contributed by atoms with van der Waals surface area (Å²) in [5.41, 5.74) is 0.993. The van der Waals surface area contributed by atoms with E-state index in [-0.39, 0.29) is 5.82 Å². The molecular formula is C13H20FNO. The highest BCUT2D eigenvalue weighted by molar-refractivity contribution is 5.60. The third-order valence-corrected chi connectivity index (χ3v) is 2.58. The largest absolute Gasteiger partial charge is 0.489 e. The SMILES string of the molecule is CC.CCN1c2ccc(F)cc2OCC1C. The van der Waals surface area contributed by atoms with Gasteiger partial charge in [0.05, 0.1) is 11.7 Å². The second-order valence-corrected chi connectivity index (χ2v) is 3.56. The average Bonchev–Trinajstić information content (AvgIpc) is 2.32. The first-order valence-electron chi connectivity index (χ1n) is 5.91. The Labute approximate surface area is 97.0 Å². The molecular weight excluding hydrogens is 205 g/mol. The lowest BCUT2D eigenvalue weighted by Gasteiger charge is -2.35. The maximum atomic E-state index is 12.9. The Hall–Kier alpha value is -1.25. The lowest BCUT2D eigenvalue weighted by atomic mass is 10.1. The average molecular weight is 225 g/mol. The molecule has 1 heterocycles. The summed E-state index contributed by atoms with van der Waals surface area (Å²) in [7, 11) is 0. The number of rotatable bonds is 1. The van der Waals surface area contributed by atoms with Crippen LogP contribution in [0.3, 0.4) is 0 Å². The molecule has 0 amide bonds. The topological polar surface area (TPSA) is 12.5 Å². The van der Waals surface area contributed by atoms with E-state index in [0.29, 0.717) is 18.4 Å². The van der Waals surface area contributed by atoms with Crippen LogP contribution in [-0.2, 0) is 0 Å². The minimum atomic E-state index is -0.241. The van der Waals surface area contributed by atoms with Crippen LogP contribution in [0, 0.1) is 5.82 Å². The first-order valence-corrected chi connectivity index (χ1v) is 5.91. The van der Waals surface area contributed by atoms with Crippen LogP contribution in [0.25, 0.3) is 0 Å². The van der Waals surface area contributed by atoms with Gasteiger partial charge in [-0.15, -0.1) is 0 Å². The third kappa shape index (κ3) is 2.46. The Balaban J connectivity index is 0.000000606. The lowest BCUT2D eigenvalue weighted by Crippen LogP contribution is -2.40. The fourth-order valence-corrected chi connectivity index (χ4v) is 1.86. The van der Waals surface area contributed by atoms with Crippen LogP contribution in [0.1, 0.15) is 27.7 Å². The molecule has 0 aromatic heterocycles. The van der Waals surface area contributed by atoms with Crippen molar-refractivity contribution in [1.82, 2.24) is 0 Å². The van der Waals surface area contributed by atoms with E-state index in [9.17, 15) is 4.39 Å². The van der Waals surface area contributed by atoms with Gasteiger partial charge in [0.15, 0.2) is 0 Å². The molecule has 0 saturated heterocycles. The van der Waals surface area contributed by atoms with Crippen molar-refractivity contribution in [3.05, 3.63) is 24.0 Å². The summed E-state index contributed by atoms with van der Waals surface area (Å²) < 4.78 is 18.4. The predicted octanol–water partition coefficient (Wildman–Crippen LogP) is 3.46. The second kappa shape index (κ2) is 5.73. The van der Waals surface area contributed by atoms with E-state index in [1.807, 2.05) is 13.8 Å². The number of likely N-dealkylation sites (N-methyl/N-ethyl adjacent to an activating group) is 1. The van der Waals surface area contributed by atoms with Crippen molar-refractivity contribution in [2.45, 2.75) is 33.7 Å². The van der Waals surface area contributed by atoms with Crippen LogP contribution in [-0.4, -0.2) is 19.2 Å². The number of ether oxygens (including phenoxy) is 1. The van der Waals surface area contributed by atoms with Crippen LogP contribution in [0.5, 0.6) is 5.75 Å². The second-order valence-electron chi connectivity index (χ2n) is 3.56. The van der Waals surface area contributed by atoms with Gasteiger partial charge in [-0.25, -0.2) is 4.39 Å². The number of anilines is 1. The molecule has 1 atom stereocenters. The number of halogens is 1. The maximum Gasteiger partial charge on any atom is 0.145 e. The van der Waals surface area contributed by atoms with Crippen LogP contribution in [0.15, 0.2) is 18.2 Å². The van der Waals surface area contributed by atoms with Crippen molar-refractivity contribution in [3.8, 4) is 5.75 Å². The van der Waals surface area contributed by atoms with Crippen molar-refractivity contribution in [2.75, 3.05) is 18.1 Å². The monoisotopic (exact) mass is 225 g/mol. The van der Waals surface area contributed by atoms with Gasteiger partial charge in [0.25, 0.3) is 0 Å². The normalized spacial score (nSPS) is 18.1. The molecule has 1 aliphatic heterocycles. The van der Waals surface area contributed by atoms with E-state index < -0.39 is 0 Å². The van der Waals surface area contributed by atoms with Gasteiger partial charge >= 0.3 is 0 Å². The molecule has 0 N–H and O–H groups in total. The molecule has 0 radical (unpaired) electrons. The zero-order chi connectivity index (χ0) is 12.1. The van der Waals surface area contributed by atoms with Crippen molar-refractivity contribution < 1.29 is 9.13 Å². The van der Waals surface area contributed by atoms with Gasteiger partial charge in [0, 0.05) is 12.6 Å².